The normalized spacial score (nSPS) is 12.9. The van der Waals surface area contributed by atoms with E-state index in [0.29, 0.717) is 37.6 Å². The summed E-state index contributed by atoms with van der Waals surface area (Å²) in [7, 11) is 0. The molecule has 2 amide bonds. The van der Waals surface area contributed by atoms with Crippen LogP contribution in [-0.4, -0.2) is 56.3 Å². The molecule has 0 radical (unpaired) electrons. The van der Waals surface area contributed by atoms with Crippen LogP contribution in [0.15, 0.2) is 48.5 Å². The zero-order valence-corrected chi connectivity index (χ0v) is 20.3. The fourth-order valence-corrected chi connectivity index (χ4v) is 4.00. The number of fused-ring (bicyclic) bond motifs is 1. The van der Waals surface area contributed by atoms with E-state index in [9.17, 15) is 9.59 Å². The second-order valence-corrected chi connectivity index (χ2v) is 8.54. The van der Waals surface area contributed by atoms with Gasteiger partial charge in [-0.3, -0.25) is 14.5 Å². The monoisotopic (exact) mass is 467 g/mol. The molecule has 2 aromatic rings. The minimum Gasteiger partial charge on any atom is -0.491 e. The number of hydrogen-bond acceptors (Lipinski definition) is 5. The third-order valence-corrected chi connectivity index (χ3v) is 5.95. The molecule has 3 rings (SSSR count). The van der Waals surface area contributed by atoms with E-state index in [2.05, 4.69) is 19.1 Å². The summed E-state index contributed by atoms with van der Waals surface area (Å²) < 4.78 is 16.8. The zero-order chi connectivity index (χ0) is 24.0. The Hall–Kier alpha value is -2.70. The zero-order valence-electron chi connectivity index (χ0n) is 20.3. The van der Waals surface area contributed by atoms with E-state index in [1.54, 1.807) is 24.3 Å². The lowest BCUT2D eigenvalue weighted by molar-refractivity contribution is 0.0282. The smallest absolute Gasteiger partial charge is 0.261 e. The predicted octanol–water partition coefficient (Wildman–Crippen LogP) is 5.30. The minimum absolute atomic E-state index is 0.240. The molecule has 1 heterocycles. The maximum absolute atomic E-state index is 12.3. The number of carbonyl (C=O) groups excluding carboxylic acids is 2. The van der Waals surface area contributed by atoms with Crippen LogP contribution in [0.1, 0.15) is 71.7 Å². The Morgan fingerprint density at radius 3 is 1.94 bits per heavy atom. The molecule has 0 spiro atoms. The summed E-state index contributed by atoms with van der Waals surface area (Å²) in [6, 6.07) is 15.2. The first-order valence-electron chi connectivity index (χ1n) is 12.5. The van der Waals surface area contributed by atoms with Crippen LogP contribution < -0.4 is 4.74 Å². The molecule has 0 fully saturated rings. The van der Waals surface area contributed by atoms with Crippen LogP contribution in [0.4, 0.5) is 0 Å². The van der Waals surface area contributed by atoms with Crippen molar-refractivity contribution < 1.29 is 23.8 Å². The Kier molecular flexibility index (Phi) is 11.1. The standard InChI is InChI=1S/C28H37NO5/c1-2-3-4-5-6-7-10-23-13-15-24(16-14-23)34-22-21-33-20-19-32-18-17-29-27(30)25-11-8-9-12-26(25)28(29)31/h8-9,11-16H,2-7,10,17-22H2,1H3. The molecular formula is C28H37NO5. The van der Waals surface area contributed by atoms with Crippen molar-refractivity contribution in [3.8, 4) is 5.75 Å². The number of amides is 2. The van der Waals surface area contributed by atoms with Gasteiger partial charge in [-0.2, -0.15) is 0 Å². The van der Waals surface area contributed by atoms with Crippen molar-refractivity contribution in [2.45, 2.75) is 51.9 Å². The largest absolute Gasteiger partial charge is 0.491 e. The van der Waals surface area contributed by atoms with Gasteiger partial charge >= 0.3 is 0 Å². The van der Waals surface area contributed by atoms with Crippen molar-refractivity contribution in [2.75, 3.05) is 39.6 Å². The third-order valence-electron chi connectivity index (χ3n) is 5.95. The van der Waals surface area contributed by atoms with Crippen molar-refractivity contribution in [3.63, 3.8) is 0 Å². The van der Waals surface area contributed by atoms with Crippen LogP contribution >= 0.6 is 0 Å². The summed E-state index contributed by atoms with van der Waals surface area (Å²) in [6.45, 7) is 4.56. The lowest BCUT2D eigenvalue weighted by atomic mass is 10.0. The molecule has 6 heteroatoms. The van der Waals surface area contributed by atoms with Crippen LogP contribution in [0.5, 0.6) is 5.75 Å². The highest BCUT2D eigenvalue weighted by molar-refractivity contribution is 6.21. The molecule has 0 N–H and O–H groups in total. The average Bonchev–Trinajstić information content (AvgIpc) is 3.11. The summed E-state index contributed by atoms with van der Waals surface area (Å²) in [5.41, 5.74) is 2.28. The molecule has 0 saturated heterocycles. The first-order valence-corrected chi connectivity index (χ1v) is 12.5. The highest BCUT2D eigenvalue weighted by atomic mass is 16.5. The van der Waals surface area contributed by atoms with Crippen LogP contribution in [0.2, 0.25) is 0 Å². The first kappa shape index (κ1) is 25.9. The maximum Gasteiger partial charge on any atom is 0.261 e. The molecule has 2 aromatic carbocycles. The SMILES string of the molecule is CCCCCCCCc1ccc(OCCOCCOCCN2C(=O)c3ccccc3C2=O)cc1. The van der Waals surface area contributed by atoms with Gasteiger partial charge in [0.1, 0.15) is 12.4 Å². The Labute approximate surface area is 203 Å². The molecule has 0 aliphatic carbocycles. The summed E-state index contributed by atoms with van der Waals surface area (Å²) >= 11 is 0. The van der Waals surface area contributed by atoms with E-state index in [0.717, 1.165) is 12.2 Å². The number of carbonyl (C=O) groups is 2. The second kappa shape index (κ2) is 14.5. The van der Waals surface area contributed by atoms with Gasteiger partial charge < -0.3 is 14.2 Å². The van der Waals surface area contributed by atoms with Crippen LogP contribution in [0.3, 0.4) is 0 Å². The summed E-state index contributed by atoms with van der Waals surface area (Å²) in [5.74, 6) is 0.341. The molecule has 184 valence electrons. The number of hydrogen-bond donors (Lipinski definition) is 0. The second-order valence-electron chi connectivity index (χ2n) is 8.54. The molecule has 0 aromatic heterocycles. The molecule has 1 aliphatic rings. The van der Waals surface area contributed by atoms with E-state index < -0.39 is 0 Å². The number of nitrogens with zero attached hydrogens (tertiary/aromatic N) is 1. The summed E-state index contributed by atoms with van der Waals surface area (Å²) in [4.78, 5) is 25.8. The van der Waals surface area contributed by atoms with Gasteiger partial charge in [0.15, 0.2) is 0 Å². The lowest BCUT2D eigenvalue weighted by Crippen LogP contribution is -2.33. The topological polar surface area (TPSA) is 65.1 Å². The van der Waals surface area contributed by atoms with E-state index in [1.807, 2.05) is 12.1 Å². The fourth-order valence-electron chi connectivity index (χ4n) is 4.00. The molecular weight excluding hydrogens is 430 g/mol. The predicted molar refractivity (Wildman–Crippen MR) is 132 cm³/mol. The van der Waals surface area contributed by atoms with Crippen molar-refractivity contribution in [2.24, 2.45) is 0 Å². The molecule has 6 nitrogen and oxygen atoms in total. The van der Waals surface area contributed by atoms with Gasteiger partial charge in [-0.25, -0.2) is 0 Å². The van der Waals surface area contributed by atoms with E-state index in [-0.39, 0.29) is 25.0 Å². The minimum atomic E-state index is -0.256. The van der Waals surface area contributed by atoms with Crippen LogP contribution in [-0.2, 0) is 15.9 Å². The molecule has 1 aliphatic heterocycles. The van der Waals surface area contributed by atoms with E-state index >= 15 is 0 Å². The molecule has 0 unspecified atom stereocenters. The van der Waals surface area contributed by atoms with Crippen LogP contribution in [0, 0.1) is 0 Å². The first-order chi connectivity index (χ1) is 16.7. The van der Waals surface area contributed by atoms with Crippen molar-refractivity contribution in [1.82, 2.24) is 4.90 Å². The average molecular weight is 468 g/mol. The number of unbranched alkanes of at least 4 members (excludes halogenated alkanes) is 5. The molecule has 34 heavy (non-hydrogen) atoms. The van der Waals surface area contributed by atoms with Gasteiger partial charge in [0.2, 0.25) is 0 Å². The van der Waals surface area contributed by atoms with E-state index in [1.165, 1.54) is 49.0 Å². The maximum atomic E-state index is 12.3. The van der Waals surface area contributed by atoms with Gasteiger partial charge in [0, 0.05) is 0 Å². The number of ether oxygens (including phenoxy) is 3. The van der Waals surface area contributed by atoms with Crippen molar-refractivity contribution in [1.29, 1.82) is 0 Å². The Morgan fingerprint density at radius 2 is 1.26 bits per heavy atom. The van der Waals surface area contributed by atoms with Gasteiger partial charge in [-0.15, -0.1) is 0 Å². The van der Waals surface area contributed by atoms with Gasteiger partial charge in [0.25, 0.3) is 11.8 Å². The molecule has 0 bridgehead atoms. The van der Waals surface area contributed by atoms with Gasteiger partial charge in [-0.05, 0) is 42.7 Å². The van der Waals surface area contributed by atoms with E-state index in [4.69, 9.17) is 14.2 Å². The third kappa shape index (κ3) is 7.96. The summed E-state index contributed by atoms with van der Waals surface area (Å²) in [6.07, 6.45) is 9.02. The molecule has 0 saturated carbocycles. The quantitative estimate of drug-likeness (QED) is 0.233. The number of imide groups is 1. The van der Waals surface area contributed by atoms with Crippen LogP contribution in [0.25, 0.3) is 0 Å². The van der Waals surface area contributed by atoms with Crippen molar-refractivity contribution in [3.05, 3.63) is 65.2 Å². The van der Waals surface area contributed by atoms with Crippen molar-refractivity contribution >= 4 is 11.8 Å². The fraction of sp³-hybridized carbons (Fsp3) is 0.500. The Bertz CT molecular complexity index is 861. The number of benzene rings is 2. The molecule has 0 atom stereocenters. The van der Waals surface area contributed by atoms with Gasteiger partial charge in [0.05, 0.1) is 44.1 Å². The highest BCUT2D eigenvalue weighted by Gasteiger charge is 2.34. The number of aryl methyl sites for hydroxylation is 1. The van der Waals surface area contributed by atoms with Gasteiger partial charge in [-0.1, -0.05) is 63.3 Å². The Balaban J connectivity index is 1.18. The Morgan fingerprint density at radius 1 is 0.676 bits per heavy atom. The number of rotatable bonds is 17. The summed E-state index contributed by atoms with van der Waals surface area (Å²) in [5, 5.41) is 0. The lowest BCUT2D eigenvalue weighted by Gasteiger charge is -2.14. The highest BCUT2D eigenvalue weighted by Crippen LogP contribution is 2.22.